The Bertz CT molecular complexity index is 70.7. The molecule has 0 saturated heterocycles. The first kappa shape index (κ1) is 17.0. The van der Waals surface area contributed by atoms with E-state index in [4.69, 9.17) is 11.5 Å². The van der Waals surface area contributed by atoms with Crippen molar-refractivity contribution in [3.05, 3.63) is 0 Å². The second-order valence-corrected chi connectivity index (χ2v) is 3.44. The van der Waals surface area contributed by atoms with Gasteiger partial charge in [-0.25, -0.2) is 0 Å². The monoisotopic (exact) mass is 215 g/mol. The van der Waals surface area contributed by atoms with Crippen LogP contribution in [0.3, 0.4) is 0 Å². The van der Waals surface area contributed by atoms with E-state index in [1.807, 2.05) is 27.7 Å². The fourth-order valence-corrected chi connectivity index (χ4v) is 0. The Labute approximate surface area is 80.0 Å². The fraction of sp³-hybridized carbons (Fsp3) is 1.00. The van der Waals surface area contributed by atoms with Gasteiger partial charge in [-0.3, -0.25) is 0 Å². The third-order valence-electron chi connectivity index (χ3n) is 1.66. The molecule has 0 aromatic carbocycles. The third kappa shape index (κ3) is 5.51. The number of nitrogens with two attached hydrogens (primary N) is 2. The Balaban J connectivity index is -0.000000245. The molecule has 0 bridgehead atoms. The molecule has 1 radical (unpaired) electrons. The molecule has 0 aliphatic heterocycles. The van der Waals surface area contributed by atoms with Crippen molar-refractivity contribution in [1.82, 2.24) is 0 Å². The van der Waals surface area contributed by atoms with Gasteiger partial charge in [-0.05, 0) is 27.7 Å². The Morgan fingerprint density at radius 1 is 0.800 bits per heavy atom. The molecule has 0 atom stereocenters. The van der Waals surface area contributed by atoms with E-state index in [0.717, 1.165) is 0 Å². The molecule has 4 heteroatoms. The molecule has 4 N–H and O–H groups in total. The molecule has 0 unspecified atom stereocenters. The quantitative estimate of drug-likeness (QED) is 0.639. The molecular formula is C6H17ClCuN2. The first-order chi connectivity index (χ1) is 3.25. The van der Waals surface area contributed by atoms with Gasteiger partial charge >= 0.3 is 0 Å². The number of halogens is 1. The van der Waals surface area contributed by atoms with Crippen molar-refractivity contribution in [3.8, 4) is 0 Å². The van der Waals surface area contributed by atoms with Crippen molar-refractivity contribution in [2.75, 3.05) is 0 Å². The van der Waals surface area contributed by atoms with Gasteiger partial charge in [0.1, 0.15) is 0 Å². The van der Waals surface area contributed by atoms with E-state index in [2.05, 4.69) is 0 Å². The van der Waals surface area contributed by atoms with Crippen molar-refractivity contribution < 1.29 is 17.1 Å². The van der Waals surface area contributed by atoms with Gasteiger partial charge in [-0.15, -0.1) is 12.4 Å². The number of hydrogen-bond donors (Lipinski definition) is 2. The summed E-state index contributed by atoms with van der Waals surface area (Å²) >= 11 is 0. The van der Waals surface area contributed by atoms with Gasteiger partial charge in [-0.2, -0.15) is 0 Å². The summed E-state index contributed by atoms with van der Waals surface area (Å²) in [6.07, 6.45) is 0. The first-order valence-corrected chi connectivity index (χ1v) is 2.83. The molecule has 0 rings (SSSR count). The fourth-order valence-electron chi connectivity index (χ4n) is 0. The van der Waals surface area contributed by atoms with Crippen molar-refractivity contribution in [2.45, 2.75) is 38.8 Å². The minimum Gasteiger partial charge on any atom is -0.324 e. The molecule has 0 aliphatic carbocycles. The summed E-state index contributed by atoms with van der Waals surface area (Å²) in [7, 11) is 0. The van der Waals surface area contributed by atoms with Gasteiger partial charge in [0, 0.05) is 28.1 Å². The average molecular weight is 216 g/mol. The number of rotatable bonds is 1. The van der Waals surface area contributed by atoms with Crippen LogP contribution in [-0.2, 0) is 17.1 Å². The summed E-state index contributed by atoms with van der Waals surface area (Å²) < 4.78 is 0. The molecule has 69 valence electrons. The second-order valence-electron chi connectivity index (χ2n) is 3.44. The summed E-state index contributed by atoms with van der Waals surface area (Å²) in [5, 5.41) is 0. The van der Waals surface area contributed by atoms with Crippen LogP contribution in [0.5, 0.6) is 0 Å². The van der Waals surface area contributed by atoms with Gasteiger partial charge in [0.15, 0.2) is 0 Å². The van der Waals surface area contributed by atoms with Crippen LogP contribution in [0.2, 0.25) is 0 Å². The molecule has 0 saturated carbocycles. The molecule has 0 amide bonds. The molecule has 10 heavy (non-hydrogen) atoms. The molecule has 0 aromatic heterocycles. The maximum atomic E-state index is 5.69. The van der Waals surface area contributed by atoms with Crippen LogP contribution in [0.1, 0.15) is 27.7 Å². The van der Waals surface area contributed by atoms with E-state index in [1.54, 1.807) is 0 Å². The van der Waals surface area contributed by atoms with E-state index < -0.39 is 0 Å². The topological polar surface area (TPSA) is 52.0 Å². The predicted molar refractivity (Wildman–Crippen MR) is 43.8 cm³/mol. The average Bonchev–Trinajstić information content (AvgIpc) is 1.25. The maximum Gasteiger partial charge on any atom is 0.0274 e. The summed E-state index contributed by atoms with van der Waals surface area (Å²) in [6.45, 7) is 7.69. The summed E-state index contributed by atoms with van der Waals surface area (Å²) in [6, 6.07) is 0. The Kier molecular flexibility index (Phi) is 7.78. The SMILES string of the molecule is CC(C)(N)C(C)(C)N.Cl.[Cu]. The number of hydrogen-bond acceptors (Lipinski definition) is 2. The van der Waals surface area contributed by atoms with Crippen LogP contribution in [0.4, 0.5) is 0 Å². The van der Waals surface area contributed by atoms with Crippen LogP contribution in [0.25, 0.3) is 0 Å². The minimum absolute atomic E-state index is 0. The largest absolute Gasteiger partial charge is 0.324 e. The van der Waals surface area contributed by atoms with Crippen LogP contribution in [-0.4, -0.2) is 11.1 Å². The van der Waals surface area contributed by atoms with Gasteiger partial charge in [0.2, 0.25) is 0 Å². The third-order valence-corrected chi connectivity index (χ3v) is 1.66. The summed E-state index contributed by atoms with van der Waals surface area (Å²) in [4.78, 5) is 0. The molecular weight excluding hydrogens is 199 g/mol. The molecule has 2 nitrogen and oxygen atoms in total. The van der Waals surface area contributed by atoms with E-state index in [-0.39, 0.29) is 40.6 Å². The van der Waals surface area contributed by atoms with Crippen molar-refractivity contribution in [1.29, 1.82) is 0 Å². The zero-order valence-electron chi connectivity index (χ0n) is 6.86. The smallest absolute Gasteiger partial charge is 0.0274 e. The van der Waals surface area contributed by atoms with Gasteiger partial charge in [-0.1, -0.05) is 0 Å². The minimum atomic E-state index is -0.285. The zero-order valence-corrected chi connectivity index (χ0v) is 8.62. The van der Waals surface area contributed by atoms with E-state index in [0.29, 0.717) is 0 Å². The van der Waals surface area contributed by atoms with E-state index in [9.17, 15) is 0 Å². The maximum absolute atomic E-state index is 5.69. The van der Waals surface area contributed by atoms with Gasteiger partial charge in [0.25, 0.3) is 0 Å². The van der Waals surface area contributed by atoms with Gasteiger partial charge < -0.3 is 11.5 Å². The molecule has 0 aliphatic rings. The van der Waals surface area contributed by atoms with Crippen molar-refractivity contribution in [3.63, 3.8) is 0 Å². The zero-order chi connectivity index (χ0) is 7.00. The van der Waals surface area contributed by atoms with Crippen LogP contribution < -0.4 is 11.5 Å². The Morgan fingerprint density at radius 2 is 0.900 bits per heavy atom. The first-order valence-electron chi connectivity index (χ1n) is 2.83. The standard InChI is InChI=1S/C6H16N2.ClH.Cu/c1-5(2,7)6(3,4)8;;/h7-8H2,1-4H3;1H;. The normalized spacial score (nSPS) is 11.4. The summed E-state index contributed by atoms with van der Waals surface area (Å²) in [5.41, 5.74) is 10.8. The second kappa shape index (κ2) is 4.58. The molecule has 0 spiro atoms. The van der Waals surface area contributed by atoms with Crippen molar-refractivity contribution in [2.24, 2.45) is 11.5 Å². The Morgan fingerprint density at radius 3 is 0.900 bits per heavy atom. The summed E-state index contributed by atoms with van der Waals surface area (Å²) in [5.74, 6) is 0. The van der Waals surface area contributed by atoms with E-state index in [1.165, 1.54) is 0 Å². The van der Waals surface area contributed by atoms with Crippen LogP contribution in [0, 0.1) is 0 Å². The molecule has 0 fully saturated rings. The predicted octanol–water partition coefficient (Wildman–Crippen LogP) is 0.880. The van der Waals surface area contributed by atoms with Crippen LogP contribution >= 0.6 is 12.4 Å². The molecule has 0 aromatic rings. The van der Waals surface area contributed by atoms with Gasteiger partial charge in [0.05, 0.1) is 0 Å². The Hall–Kier alpha value is 0.729. The van der Waals surface area contributed by atoms with Crippen molar-refractivity contribution >= 4 is 12.4 Å². The van der Waals surface area contributed by atoms with E-state index >= 15 is 0 Å². The van der Waals surface area contributed by atoms with Crippen LogP contribution in [0.15, 0.2) is 0 Å². The molecule has 0 heterocycles.